The van der Waals surface area contributed by atoms with E-state index in [0.717, 1.165) is 27.6 Å². The molecule has 1 aliphatic heterocycles. The number of pyridine rings is 1. The molecule has 5 aromatic carbocycles. The number of fused-ring (bicyclic) bond motifs is 11. The van der Waals surface area contributed by atoms with Crippen LogP contribution in [0.25, 0.3) is 44.4 Å². The lowest BCUT2D eigenvalue weighted by molar-refractivity contribution is 0.00578. The van der Waals surface area contributed by atoms with E-state index in [0.29, 0.717) is 0 Å². The van der Waals surface area contributed by atoms with Crippen molar-refractivity contribution in [3.05, 3.63) is 144 Å². The molecule has 0 unspecified atom stereocenters. The van der Waals surface area contributed by atoms with Gasteiger partial charge in [0.15, 0.2) is 0 Å². The van der Waals surface area contributed by atoms with Crippen molar-refractivity contribution in [3.63, 3.8) is 0 Å². The molecule has 0 saturated carbocycles. The lowest BCUT2D eigenvalue weighted by Crippen LogP contribution is -2.41. The van der Waals surface area contributed by atoms with E-state index in [1.807, 2.05) is 0 Å². The van der Waals surface area contributed by atoms with Crippen LogP contribution < -0.4 is 5.46 Å². The molecule has 2 aliphatic carbocycles. The second-order valence-corrected chi connectivity index (χ2v) is 13.3. The van der Waals surface area contributed by atoms with Crippen LogP contribution in [0.5, 0.6) is 0 Å². The second kappa shape index (κ2) is 8.78. The highest BCUT2D eigenvalue weighted by Crippen LogP contribution is 2.62. The van der Waals surface area contributed by atoms with Crippen molar-refractivity contribution >= 4 is 23.5 Å². The summed E-state index contributed by atoms with van der Waals surface area (Å²) in [6, 6.07) is 44.3. The molecule has 1 spiro atoms. The molecule has 1 fully saturated rings. The number of rotatable bonds is 2. The van der Waals surface area contributed by atoms with Crippen LogP contribution in [0, 0.1) is 0 Å². The van der Waals surface area contributed by atoms with E-state index in [9.17, 15) is 0 Å². The molecule has 212 valence electrons. The highest BCUT2D eigenvalue weighted by molar-refractivity contribution is 6.65. The standard InChI is InChI=1S/C40H32BNO2/c1-38(2)39(3,4)44-41(43-38)35-18-11-19-37-30(35)22-23-36(42-37)25-20-21-29-28-14-7-10-17-33(28)40(34(29)24-25)31-15-8-5-12-26(31)27-13-6-9-16-32(27)40/h5-24H,1-4H3. The lowest BCUT2D eigenvalue weighted by atomic mass is 9.70. The minimum Gasteiger partial charge on any atom is -0.399 e. The van der Waals surface area contributed by atoms with Crippen molar-refractivity contribution < 1.29 is 9.31 Å². The second-order valence-electron chi connectivity index (χ2n) is 13.3. The van der Waals surface area contributed by atoms with E-state index in [2.05, 4.69) is 149 Å². The van der Waals surface area contributed by atoms with Crippen LogP contribution in [-0.4, -0.2) is 23.3 Å². The maximum absolute atomic E-state index is 6.42. The molecule has 0 amide bonds. The fourth-order valence-electron chi connectivity index (χ4n) is 7.77. The van der Waals surface area contributed by atoms with Gasteiger partial charge in [-0.15, -0.1) is 0 Å². The average molecular weight is 570 g/mol. The highest BCUT2D eigenvalue weighted by Gasteiger charge is 2.53. The van der Waals surface area contributed by atoms with Crippen LogP contribution in [0.15, 0.2) is 121 Å². The van der Waals surface area contributed by atoms with Crippen molar-refractivity contribution in [2.24, 2.45) is 0 Å². The van der Waals surface area contributed by atoms with Crippen LogP contribution in [0.1, 0.15) is 49.9 Å². The monoisotopic (exact) mass is 569 g/mol. The molecule has 2 heterocycles. The first-order valence-electron chi connectivity index (χ1n) is 15.5. The molecule has 4 heteroatoms. The first kappa shape index (κ1) is 25.9. The van der Waals surface area contributed by atoms with E-state index in [4.69, 9.17) is 14.3 Å². The number of nitrogens with zero attached hydrogens (tertiary/aromatic N) is 1. The molecular weight excluding hydrogens is 537 g/mol. The highest BCUT2D eigenvalue weighted by atomic mass is 16.7. The van der Waals surface area contributed by atoms with Gasteiger partial charge >= 0.3 is 7.12 Å². The van der Waals surface area contributed by atoms with Gasteiger partial charge in [-0.3, -0.25) is 0 Å². The Morgan fingerprint density at radius 3 is 1.66 bits per heavy atom. The van der Waals surface area contributed by atoms with Crippen molar-refractivity contribution in [1.82, 2.24) is 4.98 Å². The third-order valence-corrected chi connectivity index (χ3v) is 10.6. The van der Waals surface area contributed by atoms with Gasteiger partial charge < -0.3 is 9.31 Å². The zero-order chi connectivity index (χ0) is 29.8. The van der Waals surface area contributed by atoms with Gasteiger partial charge in [-0.25, -0.2) is 4.98 Å². The van der Waals surface area contributed by atoms with Gasteiger partial charge in [0.25, 0.3) is 0 Å². The van der Waals surface area contributed by atoms with Crippen molar-refractivity contribution in [1.29, 1.82) is 0 Å². The van der Waals surface area contributed by atoms with Gasteiger partial charge in [0, 0.05) is 5.56 Å². The van der Waals surface area contributed by atoms with E-state index >= 15 is 0 Å². The minimum atomic E-state index is -0.433. The summed E-state index contributed by atoms with van der Waals surface area (Å²) in [4.78, 5) is 5.22. The fourth-order valence-corrected chi connectivity index (χ4v) is 7.77. The molecule has 6 aromatic rings. The Bertz CT molecular complexity index is 2080. The van der Waals surface area contributed by atoms with E-state index in [1.165, 1.54) is 44.5 Å². The fraction of sp³-hybridized carbons (Fsp3) is 0.175. The zero-order valence-electron chi connectivity index (χ0n) is 25.4. The smallest absolute Gasteiger partial charge is 0.399 e. The summed E-state index contributed by atoms with van der Waals surface area (Å²) in [5.74, 6) is 0. The number of hydrogen-bond acceptors (Lipinski definition) is 3. The van der Waals surface area contributed by atoms with Crippen LogP contribution in [0.4, 0.5) is 0 Å². The summed E-state index contributed by atoms with van der Waals surface area (Å²) in [7, 11) is -0.433. The molecule has 3 nitrogen and oxygen atoms in total. The zero-order valence-corrected chi connectivity index (χ0v) is 25.4. The number of benzene rings is 5. The first-order valence-corrected chi connectivity index (χ1v) is 15.5. The molecule has 0 radical (unpaired) electrons. The minimum absolute atomic E-state index is 0.365. The van der Waals surface area contributed by atoms with Crippen molar-refractivity contribution in [2.45, 2.75) is 44.3 Å². The molecular formula is C40H32BNO2. The third kappa shape index (κ3) is 3.27. The van der Waals surface area contributed by atoms with Gasteiger partial charge in [-0.05, 0) is 101 Å². The average Bonchev–Trinajstić information content (AvgIpc) is 3.59. The summed E-state index contributed by atoms with van der Waals surface area (Å²) < 4.78 is 12.8. The normalized spacial score (nSPS) is 17.9. The summed E-state index contributed by atoms with van der Waals surface area (Å²) in [5.41, 5.74) is 13.5. The topological polar surface area (TPSA) is 31.4 Å². The quantitative estimate of drug-likeness (QED) is 0.196. The van der Waals surface area contributed by atoms with Crippen LogP contribution in [-0.2, 0) is 14.7 Å². The summed E-state index contributed by atoms with van der Waals surface area (Å²) >= 11 is 0. The van der Waals surface area contributed by atoms with Crippen LogP contribution >= 0.6 is 0 Å². The molecule has 9 rings (SSSR count). The Morgan fingerprint density at radius 2 is 1.07 bits per heavy atom. The van der Waals surface area contributed by atoms with Gasteiger partial charge in [0.1, 0.15) is 0 Å². The van der Waals surface area contributed by atoms with E-state index in [-0.39, 0.29) is 5.41 Å². The van der Waals surface area contributed by atoms with Gasteiger partial charge in [0.05, 0.1) is 27.8 Å². The Kier molecular flexibility index (Phi) is 5.18. The molecule has 0 atom stereocenters. The maximum Gasteiger partial charge on any atom is 0.495 e. The number of aromatic nitrogens is 1. The third-order valence-electron chi connectivity index (χ3n) is 10.6. The summed E-state index contributed by atoms with van der Waals surface area (Å²) in [6.45, 7) is 8.37. The Balaban J connectivity index is 1.22. The Hall–Kier alpha value is -4.51. The Morgan fingerprint density at radius 1 is 0.523 bits per heavy atom. The molecule has 44 heavy (non-hydrogen) atoms. The SMILES string of the molecule is CC1(C)OB(c2cccc3nc(-c4ccc5c(c4)C4(c6ccccc6-c6ccccc64)c4ccccc4-5)ccc23)OC1(C)C. The lowest BCUT2D eigenvalue weighted by Gasteiger charge is -2.32. The van der Waals surface area contributed by atoms with E-state index in [1.54, 1.807) is 0 Å². The molecule has 1 saturated heterocycles. The summed E-state index contributed by atoms with van der Waals surface area (Å²) in [5, 5.41) is 1.05. The molecule has 1 aromatic heterocycles. The van der Waals surface area contributed by atoms with Gasteiger partial charge in [-0.2, -0.15) is 0 Å². The number of hydrogen-bond donors (Lipinski definition) is 0. The first-order chi connectivity index (χ1) is 21.3. The summed E-state index contributed by atoms with van der Waals surface area (Å²) in [6.07, 6.45) is 0. The molecule has 3 aliphatic rings. The molecule has 0 N–H and O–H groups in total. The van der Waals surface area contributed by atoms with Crippen LogP contribution in [0.2, 0.25) is 0 Å². The van der Waals surface area contributed by atoms with Gasteiger partial charge in [-0.1, -0.05) is 103 Å². The van der Waals surface area contributed by atoms with E-state index < -0.39 is 18.3 Å². The Labute approximate surface area is 258 Å². The van der Waals surface area contributed by atoms with Gasteiger partial charge in [0.2, 0.25) is 0 Å². The molecule has 0 bridgehead atoms. The predicted molar refractivity (Wildman–Crippen MR) is 179 cm³/mol. The largest absolute Gasteiger partial charge is 0.495 e. The van der Waals surface area contributed by atoms with Crippen LogP contribution in [0.3, 0.4) is 0 Å². The predicted octanol–water partition coefficient (Wildman–Crippen LogP) is 8.54. The van der Waals surface area contributed by atoms with Crippen molar-refractivity contribution in [2.75, 3.05) is 0 Å². The van der Waals surface area contributed by atoms with Crippen molar-refractivity contribution in [3.8, 4) is 33.5 Å². The maximum atomic E-state index is 6.42.